The van der Waals surface area contributed by atoms with E-state index in [1.54, 1.807) is 6.92 Å². The van der Waals surface area contributed by atoms with Crippen LogP contribution in [0, 0.1) is 10.1 Å². The van der Waals surface area contributed by atoms with Gasteiger partial charge >= 0.3 is 0 Å². The predicted molar refractivity (Wildman–Crippen MR) is 64.8 cm³/mol. The van der Waals surface area contributed by atoms with Gasteiger partial charge in [-0.1, -0.05) is 6.92 Å². The molecule has 2 amide bonds. The molecule has 0 saturated carbocycles. The Labute approximate surface area is 108 Å². The average molecular weight is 264 g/mol. The molecule has 0 bridgehead atoms. The summed E-state index contributed by atoms with van der Waals surface area (Å²) in [5, 5.41) is 19.9. The van der Waals surface area contributed by atoms with Gasteiger partial charge in [-0.15, -0.1) is 0 Å². The molecule has 1 aromatic carbocycles. The number of carbonyl (C=O) groups excluding carboxylic acids is 2. The highest BCUT2D eigenvalue weighted by Crippen LogP contribution is 2.28. The summed E-state index contributed by atoms with van der Waals surface area (Å²) in [6.07, 6.45) is 0.421. The molecule has 0 unspecified atom stereocenters. The summed E-state index contributed by atoms with van der Waals surface area (Å²) in [6.45, 7) is 1.41. The van der Waals surface area contributed by atoms with Crippen molar-refractivity contribution in [1.82, 2.24) is 4.90 Å². The molecule has 19 heavy (non-hydrogen) atoms. The van der Waals surface area contributed by atoms with Crippen molar-refractivity contribution in [3.05, 3.63) is 39.4 Å². The molecule has 1 atom stereocenters. The van der Waals surface area contributed by atoms with Crippen molar-refractivity contribution in [3.63, 3.8) is 0 Å². The normalized spacial score (nSPS) is 15.6. The summed E-state index contributed by atoms with van der Waals surface area (Å²) >= 11 is 0. The molecule has 1 aliphatic rings. The number of nitrogens with zero attached hydrogens (tertiary/aromatic N) is 2. The van der Waals surface area contributed by atoms with Crippen LogP contribution in [0.3, 0.4) is 0 Å². The standard InChI is InChI=1S/C12H12N2O5/c1-2-7(6-15)13-11(16)9-4-3-8(14(18)19)5-10(9)12(13)17/h3-5,7,15H,2,6H2,1H3/t7-/m1/s1. The third-order valence-electron chi connectivity index (χ3n) is 3.16. The SMILES string of the molecule is CC[C@H](CO)N1C(=O)c2ccc([N+](=O)[O-])cc2C1=O. The first-order chi connectivity index (χ1) is 9.01. The molecule has 0 fully saturated rings. The van der Waals surface area contributed by atoms with Crippen molar-refractivity contribution >= 4 is 17.5 Å². The highest BCUT2D eigenvalue weighted by atomic mass is 16.6. The van der Waals surface area contributed by atoms with Crippen molar-refractivity contribution in [2.75, 3.05) is 6.61 Å². The van der Waals surface area contributed by atoms with Gasteiger partial charge in [-0.25, -0.2) is 0 Å². The van der Waals surface area contributed by atoms with Crippen molar-refractivity contribution in [2.24, 2.45) is 0 Å². The molecule has 0 aliphatic carbocycles. The third-order valence-corrected chi connectivity index (χ3v) is 3.16. The Bertz CT molecular complexity index is 565. The molecule has 100 valence electrons. The zero-order chi connectivity index (χ0) is 14.2. The highest BCUT2D eigenvalue weighted by Gasteiger charge is 2.40. The Morgan fingerprint density at radius 1 is 1.32 bits per heavy atom. The number of carbonyl (C=O) groups is 2. The second-order valence-electron chi connectivity index (χ2n) is 4.21. The Hall–Kier alpha value is -2.28. The Balaban J connectivity index is 2.47. The quantitative estimate of drug-likeness (QED) is 0.496. The lowest BCUT2D eigenvalue weighted by Gasteiger charge is -2.22. The fourth-order valence-corrected chi connectivity index (χ4v) is 2.09. The van der Waals surface area contributed by atoms with Crippen LogP contribution in [0.2, 0.25) is 0 Å². The van der Waals surface area contributed by atoms with E-state index < -0.39 is 22.8 Å². The summed E-state index contributed by atoms with van der Waals surface area (Å²) in [5.41, 5.74) is -0.0765. The Kier molecular flexibility index (Phi) is 3.30. The number of hydrogen-bond donors (Lipinski definition) is 1. The first-order valence-corrected chi connectivity index (χ1v) is 5.78. The van der Waals surface area contributed by atoms with Crippen LogP contribution in [0.5, 0.6) is 0 Å². The Morgan fingerprint density at radius 2 is 1.95 bits per heavy atom. The first-order valence-electron chi connectivity index (χ1n) is 5.78. The number of rotatable bonds is 4. The number of aliphatic hydroxyl groups is 1. The molecule has 1 aromatic rings. The van der Waals surface area contributed by atoms with E-state index in [2.05, 4.69) is 0 Å². The van der Waals surface area contributed by atoms with Crippen molar-refractivity contribution in [2.45, 2.75) is 19.4 Å². The third kappa shape index (κ3) is 1.97. The highest BCUT2D eigenvalue weighted by molar-refractivity contribution is 6.21. The lowest BCUT2D eigenvalue weighted by atomic mass is 10.1. The van der Waals surface area contributed by atoms with E-state index in [1.807, 2.05) is 0 Å². The molecular weight excluding hydrogens is 252 g/mol. The van der Waals surface area contributed by atoms with Gasteiger partial charge in [0.2, 0.25) is 0 Å². The number of imide groups is 1. The maximum absolute atomic E-state index is 12.1. The minimum atomic E-state index is -0.621. The lowest BCUT2D eigenvalue weighted by molar-refractivity contribution is -0.384. The van der Waals surface area contributed by atoms with E-state index in [0.717, 1.165) is 11.0 Å². The van der Waals surface area contributed by atoms with Gasteiger partial charge in [0.25, 0.3) is 17.5 Å². The molecule has 2 rings (SSSR count). The number of nitro benzene ring substituents is 1. The lowest BCUT2D eigenvalue weighted by Crippen LogP contribution is -2.41. The van der Waals surface area contributed by atoms with Crippen LogP contribution < -0.4 is 0 Å². The van der Waals surface area contributed by atoms with Crippen molar-refractivity contribution in [3.8, 4) is 0 Å². The smallest absolute Gasteiger partial charge is 0.270 e. The van der Waals surface area contributed by atoms with E-state index >= 15 is 0 Å². The fraction of sp³-hybridized carbons (Fsp3) is 0.333. The van der Waals surface area contributed by atoms with E-state index in [-0.39, 0.29) is 23.4 Å². The molecule has 1 aliphatic heterocycles. The second kappa shape index (κ2) is 4.77. The summed E-state index contributed by atoms with van der Waals surface area (Å²) in [7, 11) is 0. The summed E-state index contributed by atoms with van der Waals surface area (Å²) in [6, 6.07) is 2.96. The van der Waals surface area contributed by atoms with Gasteiger partial charge in [0.1, 0.15) is 0 Å². The summed E-state index contributed by atoms with van der Waals surface area (Å²) < 4.78 is 0. The summed E-state index contributed by atoms with van der Waals surface area (Å²) in [4.78, 5) is 35.2. The van der Waals surface area contributed by atoms with E-state index in [4.69, 9.17) is 0 Å². The number of nitro groups is 1. The van der Waals surface area contributed by atoms with Crippen LogP contribution in [0.15, 0.2) is 18.2 Å². The molecule has 1 heterocycles. The molecule has 0 spiro atoms. The van der Waals surface area contributed by atoms with Crippen LogP contribution >= 0.6 is 0 Å². The van der Waals surface area contributed by atoms with Crippen LogP contribution in [-0.2, 0) is 0 Å². The van der Waals surface area contributed by atoms with Crippen LogP contribution in [0.4, 0.5) is 5.69 Å². The second-order valence-corrected chi connectivity index (χ2v) is 4.21. The maximum Gasteiger partial charge on any atom is 0.270 e. The van der Waals surface area contributed by atoms with Gasteiger partial charge in [0.15, 0.2) is 0 Å². The van der Waals surface area contributed by atoms with E-state index in [1.165, 1.54) is 12.1 Å². The number of fused-ring (bicyclic) bond motifs is 1. The minimum Gasteiger partial charge on any atom is -0.394 e. The average Bonchev–Trinajstić information content (AvgIpc) is 2.65. The summed E-state index contributed by atoms with van der Waals surface area (Å²) in [5.74, 6) is -1.11. The number of non-ortho nitro benzene ring substituents is 1. The zero-order valence-electron chi connectivity index (χ0n) is 10.2. The fourth-order valence-electron chi connectivity index (χ4n) is 2.09. The van der Waals surface area contributed by atoms with Crippen LogP contribution in [0.25, 0.3) is 0 Å². The predicted octanol–water partition coefficient (Wildman–Crippen LogP) is 0.962. The minimum absolute atomic E-state index is 0.0195. The van der Waals surface area contributed by atoms with Gasteiger partial charge < -0.3 is 5.11 Å². The molecule has 7 nitrogen and oxygen atoms in total. The number of amides is 2. The van der Waals surface area contributed by atoms with Crippen LogP contribution in [0.1, 0.15) is 34.1 Å². The number of benzene rings is 1. The molecule has 0 aromatic heterocycles. The number of aliphatic hydroxyl groups excluding tert-OH is 1. The Morgan fingerprint density at radius 3 is 2.47 bits per heavy atom. The van der Waals surface area contributed by atoms with Gasteiger partial charge in [0, 0.05) is 12.1 Å². The van der Waals surface area contributed by atoms with Gasteiger partial charge in [0.05, 0.1) is 28.7 Å². The molecule has 0 radical (unpaired) electrons. The zero-order valence-corrected chi connectivity index (χ0v) is 10.2. The number of hydrogen-bond acceptors (Lipinski definition) is 5. The molecular formula is C12H12N2O5. The van der Waals surface area contributed by atoms with Crippen molar-refractivity contribution in [1.29, 1.82) is 0 Å². The molecule has 0 saturated heterocycles. The largest absolute Gasteiger partial charge is 0.394 e. The van der Waals surface area contributed by atoms with E-state index in [0.29, 0.717) is 6.42 Å². The van der Waals surface area contributed by atoms with Gasteiger partial charge in [-0.05, 0) is 12.5 Å². The van der Waals surface area contributed by atoms with Gasteiger partial charge in [-0.2, -0.15) is 0 Å². The molecule has 7 heteroatoms. The monoisotopic (exact) mass is 264 g/mol. The van der Waals surface area contributed by atoms with E-state index in [9.17, 15) is 24.8 Å². The molecule has 1 N–H and O–H groups in total. The topological polar surface area (TPSA) is 101 Å². The van der Waals surface area contributed by atoms with Crippen LogP contribution in [-0.4, -0.2) is 39.4 Å². The van der Waals surface area contributed by atoms with Crippen molar-refractivity contribution < 1.29 is 19.6 Å². The maximum atomic E-state index is 12.1. The van der Waals surface area contributed by atoms with Gasteiger partial charge in [-0.3, -0.25) is 24.6 Å². The first kappa shape index (κ1) is 13.2.